The second kappa shape index (κ2) is 6.21. The molecule has 4 rings (SSSR count). The molecule has 0 bridgehead atoms. The van der Waals surface area contributed by atoms with Gasteiger partial charge < -0.3 is 19.0 Å². The molecule has 1 aromatic rings. The van der Waals surface area contributed by atoms with E-state index in [2.05, 4.69) is 20.8 Å². The van der Waals surface area contributed by atoms with E-state index >= 15 is 0 Å². The summed E-state index contributed by atoms with van der Waals surface area (Å²) in [6, 6.07) is 0. The van der Waals surface area contributed by atoms with Crippen molar-refractivity contribution in [1.82, 2.24) is 0 Å². The lowest BCUT2D eigenvalue weighted by atomic mass is 9.57. The van der Waals surface area contributed by atoms with Crippen molar-refractivity contribution >= 4 is 12.0 Å². The highest BCUT2D eigenvalue weighted by Gasteiger charge is 2.68. The predicted octanol–water partition coefficient (Wildman–Crippen LogP) is 3.80. The van der Waals surface area contributed by atoms with Gasteiger partial charge in [0.05, 0.1) is 24.1 Å². The highest BCUT2D eigenvalue weighted by atomic mass is 16.6. The van der Waals surface area contributed by atoms with Crippen molar-refractivity contribution in [2.75, 3.05) is 0 Å². The van der Waals surface area contributed by atoms with E-state index in [1.54, 1.807) is 6.26 Å². The van der Waals surface area contributed by atoms with Gasteiger partial charge in [0.15, 0.2) is 0 Å². The van der Waals surface area contributed by atoms with E-state index in [1.807, 2.05) is 13.0 Å². The van der Waals surface area contributed by atoms with Gasteiger partial charge >= 0.3 is 5.97 Å². The van der Waals surface area contributed by atoms with Gasteiger partial charge in [-0.15, -0.1) is 0 Å². The Balaban J connectivity index is 1.81. The van der Waals surface area contributed by atoms with Crippen LogP contribution in [-0.2, 0) is 20.7 Å². The number of furan rings is 1. The normalized spacial score (nSPS) is 42.8. The summed E-state index contributed by atoms with van der Waals surface area (Å²) in [7, 11) is 0. The van der Waals surface area contributed by atoms with E-state index in [4.69, 9.17) is 13.9 Å². The zero-order valence-electron chi connectivity index (χ0n) is 16.9. The smallest absolute Gasteiger partial charge is 0.302 e. The molecule has 1 aliphatic heterocycles. The van der Waals surface area contributed by atoms with Crippen LogP contribution in [0.25, 0.3) is 6.08 Å². The van der Waals surface area contributed by atoms with Crippen LogP contribution >= 0.6 is 0 Å². The highest BCUT2D eigenvalue weighted by molar-refractivity contribution is 5.66. The van der Waals surface area contributed by atoms with Gasteiger partial charge in [-0.3, -0.25) is 4.79 Å². The first kappa shape index (κ1) is 18.8. The fourth-order valence-corrected chi connectivity index (χ4v) is 5.41. The Hall–Kier alpha value is -1.59. The molecule has 0 amide bonds. The molecule has 148 valence electrons. The minimum absolute atomic E-state index is 0.126. The Labute approximate surface area is 160 Å². The van der Waals surface area contributed by atoms with Crippen LogP contribution in [0.5, 0.6) is 0 Å². The third kappa shape index (κ3) is 2.95. The van der Waals surface area contributed by atoms with Gasteiger partial charge in [0.2, 0.25) is 0 Å². The lowest BCUT2D eigenvalue weighted by molar-refractivity contribution is -0.161. The minimum Gasteiger partial charge on any atom is -0.464 e. The van der Waals surface area contributed by atoms with Crippen molar-refractivity contribution in [3.8, 4) is 0 Å². The second-order valence-corrected chi connectivity index (χ2v) is 9.09. The van der Waals surface area contributed by atoms with Gasteiger partial charge in [-0.05, 0) is 57.2 Å². The number of epoxide rings is 1. The summed E-state index contributed by atoms with van der Waals surface area (Å²) in [6.45, 7) is 9.87. The molecule has 0 unspecified atom stereocenters. The lowest BCUT2D eigenvalue weighted by Crippen LogP contribution is -2.53. The molecule has 2 aliphatic carbocycles. The first-order valence-electron chi connectivity index (χ1n) is 9.93. The van der Waals surface area contributed by atoms with E-state index in [0.717, 1.165) is 36.2 Å². The largest absolute Gasteiger partial charge is 0.464 e. The molecule has 1 aromatic heterocycles. The molecule has 6 atom stereocenters. The number of esters is 1. The number of carbonyl (C=O) groups excluding carboxylic acids is 1. The summed E-state index contributed by atoms with van der Waals surface area (Å²) in [4.78, 5) is 11.8. The number of hydrogen-bond acceptors (Lipinski definition) is 5. The standard InChI is InChI=1S/C22H30O5/c1-12-8-17-15(13(2)11-25-17)9-18-21(4,7-6-16(12)24)19(26-14(3)23)10-20-22(18,5)27-20/h8,11,16,18-20,24H,6-7,9-10H2,1-5H3/b12-8-/t16-,18+,19-,20-,21+,22+/m0/s1. The minimum atomic E-state index is -0.539. The van der Waals surface area contributed by atoms with E-state index in [1.165, 1.54) is 12.5 Å². The number of carbonyl (C=O) groups is 1. The van der Waals surface area contributed by atoms with E-state index in [-0.39, 0.29) is 35.1 Å². The highest BCUT2D eigenvalue weighted by Crippen LogP contribution is 2.61. The van der Waals surface area contributed by atoms with Gasteiger partial charge in [-0.25, -0.2) is 0 Å². The zero-order chi connectivity index (χ0) is 19.6. The molecule has 27 heavy (non-hydrogen) atoms. The summed E-state index contributed by atoms with van der Waals surface area (Å²) in [6.07, 6.45) is 6.09. The lowest BCUT2D eigenvalue weighted by Gasteiger charge is -2.48. The average Bonchev–Trinajstić information content (AvgIpc) is 3.13. The van der Waals surface area contributed by atoms with E-state index < -0.39 is 6.10 Å². The molecule has 2 heterocycles. The topological polar surface area (TPSA) is 72.2 Å². The number of fused-ring (bicyclic) bond motifs is 4. The van der Waals surface area contributed by atoms with Crippen LogP contribution in [0, 0.1) is 18.3 Å². The molecule has 0 aromatic carbocycles. The van der Waals surface area contributed by atoms with Crippen molar-refractivity contribution in [2.24, 2.45) is 11.3 Å². The molecular weight excluding hydrogens is 344 g/mol. The molecule has 0 spiro atoms. The third-order valence-electron chi connectivity index (χ3n) is 7.32. The fraction of sp³-hybridized carbons (Fsp3) is 0.682. The fourth-order valence-electron chi connectivity index (χ4n) is 5.41. The summed E-state index contributed by atoms with van der Waals surface area (Å²) < 4.78 is 17.8. The van der Waals surface area contributed by atoms with Gasteiger partial charge in [-0.1, -0.05) is 6.92 Å². The number of ether oxygens (including phenoxy) is 2. The molecule has 5 heteroatoms. The van der Waals surface area contributed by atoms with Gasteiger partial charge in [-0.2, -0.15) is 0 Å². The Kier molecular flexibility index (Phi) is 4.32. The Bertz CT molecular complexity index is 793. The van der Waals surface area contributed by atoms with Crippen LogP contribution in [0.15, 0.2) is 16.3 Å². The molecule has 2 fully saturated rings. The second-order valence-electron chi connectivity index (χ2n) is 9.09. The van der Waals surface area contributed by atoms with Crippen molar-refractivity contribution < 1.29 is 23.8 Å². The summed E-state index contributed by atoms with van der Waals surface area (Å²) >= 11 is 0. The predicted molar refractivity (Wildman–Crippen MR) is 101 cm³/mol. The molecule has 1 saturated carbocycles. The quantitative estimate of drug-likeness (QED) is 0.598. The molecule has 0 radical (unpaired) electrons. The number of aliphatic hydroxyl groups excluding tert-OH is 1. The molecule has 1 N–H and O–H groups in total. The average molecular weight is 374 g/mol. The Morgan fingerprint density at radius 3 is 2.78 bits per heavy atom. The Morgan fingerprint density at radius 2 is 2.07 bits per heavy atom. The van der Waals surface area contributed by atoms with Crippen molar-refractivity contribution in [3.63, 3.8) is 0 Å². The van der Waals surface area contributed by atoms with E-state index in [0.29, 0.717) is 6.42 Å². The molecule has 3 aliphatic rings. The van der Waals surface area contributed by atoms with E-state index in [9.17, 15) is 9.90 Å². The van der Waals surface area contributed by atoms with Crippen LogP contribution in [-0.4, -0.2) is 35.0 Å². The Morgan fingerprint density at radius 1 is 1.33 bits per heavy atom. The number of aliphatic hydroxyl groups is 1. The summed E-state index contributed by atoms with van der Waals surface area (Å²) in [5.41, 5.74) is 2.70. The van der Waals surface area contributed by atoms with Crippen LogP contribution < -0.4 is 0 Å². The van der Waals surface area contributed by atoms with Gasteiger partial charge in [0.1, 0.15) is 11.9 Å². The summed E-state index contributed by atoms with van der Waals surface area (Å²) in [5, 5.41) is 10.7. The summed E-state index contributed by atoms with van der Waals surface area (Å²) in [5.74, 6) is 0.754. The van der Waals surface area contributed by atoms with Crippen molar-refractivity contribution in [3.05, 3.63) is 28.7 Å². The SMILES string of the molecule is CC(=O)O[C@H]1C[C@@H]2O[C@]2(C)[C@@H]2Cc3c(C)coc3/C=C(/C)[C@@H](O)CC[C@@]12C. The maximum atomic E-state index is 11.8. The van der Waals surface area contributed by atoms with Crippen LogP contribution in [0.4, 0.5) is 0 Å². The third-order valence-corrected chi connectivity index (χ3v) is 7.32. The van der Waals surface area contributed by atoms with Crippen molar-refractivity contribution in [2.45, 2.75) is 84.2 Å². The first-order valence-corrected chi connectivity index (χ1v) is 9.93. The van der Waals surface area contributed by atoms with Crippen LogP contribution in [0.1, 0.15) is 63.8 Å². The monoisotopic (exact) mass is 374 g/mol. The van der Waals surface area contributed by atoms with Crippen LogP contribution in [0.3, 0.4) is 0 Å². The number of hydrogen-bond donors (Lipinski definition) is 1. The molecule has 5 nitrogen and oxygen atoms in total. The molecule has 1 saturated heterocycles. The first-order chi connectivity index (χ1) is 12.6. The van der Waals surface area contributed by atoms with Crippen molar-refractivity contribution in [1.29, 1.82) is 0 Å². The van der Waals surface area contributed by atoms with Gasteiger partial charge in [0.25, 0.3) is 0 Å². The molecular formula is C22H30O5. The maximum Gasteiger partial charge on any atom is 0.302 e. The zero-order valence-corrected chi connectivity index (χ0v) is 16.9. The van der Waals surface area contributed by atoms with Crippen LogP contribution in [0.2, 0.25) is 0 Å². The number of rotatable bonds is 1. The van der Waals surface area contributed by atoms with Gasteiger partial charge in [0, 0.05) is 30.2 Å². The maximum absolute atomic E-state index is 11.8. The number of aryl methyl sites for hydroxylation is 1.